The summed E-state index contributed by atoms with van der Waals surface area (Å²) in [5.41, 5.74) is 2.22. The first-order valence-electron chi connectivity index (χ1n) is 6.11. The molecule has 0 aromatic carbocycles. The minimum absolute atomic E-state index is 0.0205. The van der Waals surface area contributed by atoms with Gasteiger partial charge in [0.1, 0.15) is 5.15 Å². The van der Waals surface area contributed by atoms with Crippen molar-refractivity contribution >= 4 is 22.6 Å². The van der Waals surface area contributed by atoms with Gasteiger partial charge in [-0.3, -0.25) is 0 Å². The molecule has 2 rings (SSSR count). The van der Waals surface area contributed by atoms with Gasteiger partial charge >= 0.3 is 6.18 Å². The van der Waals surface area contributed by atoms with E-state index in [0.29, 0.717) is 17.3 Å². The topological polar surface area (TPSA) is 27.1 Å². The maximum absolute atomic E-state index is 12.2. The third-order valence-electron chi connectivity index (χ3n) is 2.94. The molecule has 3 nitrogen and oxygen atoms in total. The first-order valence-corrected chi connectivity index (χ1v) is 6.49. The second-order valence-corrected chi connectivity index (χ2v) is 4.86. The van der Waals surface area contributed by atoms with E-state index in [1.165, 1.54) is 7.11 Å². The fourth-order valence-corrected chi connectivity index (χ4v) is 2.29. The van der Waals surface area contributed by atoms with E-state index in [1.54, 1.807) is 22.8 Å². The molecule has 20 heavy (non-hydrogen) atoms. The Labute approximate surface area is 119 Å². The van der Waals surface area contributed by atoms with Gasteiger partial charge in [-0.1, -0.05) is 11.6 Å². The quantitative estimate of drug-likeness (QED) is 0.775. The van der Waals surface area contributed by atoms with Gasteiger partial charge in [0.05, 0.1) is 17.6 Å². The Morgan fingerprint density at radius 1 is 1.35 bits per heavy atom. The summed E-state index contributed by atoms with van der Waals surface area (Å²) in [7, 11) is 1.54. The molecule has 0 bridgehead atoms. The third kappa shape index (κ3) is 3.64. The number of aryl methyl sites for hydroxylation is 1. The number of alkyl halides is 3. The summed E-state index contributed by atoms with van der Waals surface area (Å²) in [6, 6.07) is 5.18. The van der Waals surface area contributed by atoms with Crippen LogP contribution >= 0.6 is 11.6 Å². The molecule has 2 aromatic heterocycles. The van der Waals surface area contributed by atoms with Crippen LogP contribution in [-0.2, 0) is 17.9 Å². The van der Waals surface area contributed by atoms with Crippen molar-refractivity contribution in [2.45, 2.75) is 32.2 Å². The lowest BCUT2D eigenvalue weighted by molar-refractivity contribution is -0.135. The summed E-state index contributed by atoms with van der Waals surface area (Å²) in [5, 5.41) is 0.355. The van der Waals surface area contributed by atoms with E-state index in [9.17, 15) is 13.2 Å². The van der Waals surface area contributed by atoms with Crippen LogP contribution in [0.25, 0.3) is 11.0 Å². The SMILES string of the molecule is COCc1cc2nc(Cl)ccc2n1CCCC(F)(F)F. The van der Waals surface area contributed by atoms with Crippen molar-refractivity contribution in [1.82, 2.24) is 9.55 Å². The molecule has 0 atom stereocenters. The molecule has 110 valence electrons. The Morgan fingerprint density at radius 2 is 2.10 bits per heavy atom. The third-order valence-corrected chi connectivity index (χ3v) is 3.15. The predicted molar refractivity (Wildman–Crippen MR) is 70.7 cm³/mol. The zero-order valence-corrected chi connectivity index (χ0v) is 11.6. The molecule has 7 heteroatoms. The van der Waals surface area contributed by atoms with E-state index < -0.39 is 12.6 Å². The minimum Gasteiger partial charge on any atom is -0.378 e. The standard InChI is InChI=1S/C13H14ClF3N2O/c1-20-8-9-7-10-11(3-4-12(14)18-10)19(9)6-2-5-13(15,16)17/h3-4,7H,2,5-6,8H2,1H3. The highest BCUT2D eigenvalue weighted by Gasteiger charge is 2.26. The summed E-state index contributed by atoms with van der Waals surface area (Å²) in [6.45, 7) is 0.588. The van der Waals surface area contributed by atoms with Crippen LogP contribution < -0.4 is 0 Å². The lowest BCUT2D eigenvalue weighted by atomic mass is 10.3. The number of hydrogen-bond acceptors (Lipinski definition) is 2. The summed E-state index contributed by atoms with van der Waals surface area (Å²) in [5.74, 6) is 0. The summed E-state index contributed by atoms with van der Waals surface area (Å²) in [4.78, 5) is 4.16. The molecule has 0 aliphatic rings. The molecular weight excluding hydrogens is 293 g/mol. The van der Waals surface area contributed by atoms with Gasteiger partial charge < -0.3 is 9.30 Å². The predicted octanol–water partition coefficient (Wildman–Crippen LogP) is 4.18. The van der Waals surface area contributed by atoms with Crippen LogP contribution in [0.1, 0.15) is 18.5 Å². The second kappa shape index (κ2) is 6.01. The van der Waals surface area contributed by atoms with E-state index >= 15 is 0 Å². The Kier molecular flexibility index (Phi) is 4.55. The second-order valence-electron chi connectivity index (χ2n) is 4.48. The zero-order chi connectivity index (χ0) is 14.8. The van der Waals surface area contributed by atoms with Crippen molar-refractivity contribution in [3.63, 3.8) is 0 Å². The molecule has 0 unspecified atom stereocenters. The number of methoxy groups -OCH3 is 1. The number of hydrogen-bond donors (Lipinski definition) is 0. The summed E-state index contributed by atoms with van der Waals surface area (Å²) < 4.78 is 43.6. The van der Waals surface area contributed by atoms with Crippen molar-refractivity contribution in [3.8, 4) is 0 Å². The van der Waals surface area contributed by atoms with Crippen molar-refractivity contribution < 1.29 is 17.9 Å². The fraction of sp³-hybridized carbons (Fsp3) is 0.462. The number of fused-ring (bicyclic) bond motifs is 1. The number of pyridine rings is 1. The Bertz CT molecular complexity index is 595. The average Bonchev–Trinajstić information content (AvgIpc) is 2.65. The van der Waals surface area contributed by atoms with E-state index in [4.69, 9.17) is 16.3 Å². The van der Waals surface area contributed by atoms with Crippen LogP contribution in [0.3, 0.4) is 0 Å². The van der Waals surface area contributed by atoms with Crippen LogP contribution in [0.5, 0.6) is 0 Å². The van der Waals surface area contributed by atoms with Crippen molar-refractivity contribution in [2.24, 2.45) is 0 Å². The van der Waals surface area contributed by atoms with Crippen molar-refractivity contribution in [2.75, 3.05) is 7.11 Å². The molecule has 0 saturated heterocycles. The first kappa shape index (κ1) is 15.1. The molecule has 0 aliphatic carbocycles. The Morgan fingerprint density at radius 3 is 2.75 bits per heavy atom. The largest absolute Gasteiger partial charge is 0.389 e. The van der Waals surface area contributed by atoms with Gasteiger partial charge in [-0.05, 0) is 24.6 Å². The highest BCUT2D eigenvalue weighted by molar-refractivity contribution is 6.29. The number of aromatic nitrogens is 2. The van der Waals surface area contributed by atoms with Crippen LogP contribution in [0.4, 0.5) is 13.2 Å². The average molecular weight is 307 g/mol. The number of nitrogens with zero attached hydrogens (tertiary/aromatic N) is 2. The monoisotopic (exact) mass is 306 g/mol. The number of rotatable bonds is 5. The van der Waals surface area contributed by atoms with Crippen molar-refractivity contribution in [3.05, 3.63) is 29.0 Å². The van der Waals surface area contributed by atoms with Gasteiger partial charge in [0.15, 0.2) is 0 Å². The maximum atomic E-state index is 12.2. The molecule has 0 saturated carbocycles. The highest BCUT2D eigenvalue weighted by Crippen LogP contribution is 2.25. The van der Waals surface area contributed by atoms with Crippen LogP contribution in [-0.4, -0.2) is 22.8 Å². The summed E-state index contributed by atoms with van der Waals surface area (Å²) >= 11 is 5.82. The first-order chi connectivity index (χ1) is 9.40. The highest BCUT2D eigenvalue weighted by atomic mass is 35.5. The molecule has 0 spiro atoms. The van der Waals surface area contributed by atoms with E-state index in [1.807, 2.05) is 0 Å². The molecule has 0 amide bonds. The molecule has 2 aromatic rings. The maximum Gasteiger partial charge on any atom is 0.389 e. The lowest BCUT2D eigenvalue weighted by Gasteiger charge is -2.11. The van der Waals surface area contributed by atoms with E-state index in [-0.39, 0.29) is 13.0 Å². The summed E-state index contributed by atoms with van der Waals surface area (Å²) in [6.07, 6.45) is -4.92. The van der Waals surface area contributed by atoms with Gasteiger partial charge in [0, 0.05) is 25.8 Å². The molecular formula is C13H14ClF3N2O. The normalized spacial score (nSPS) is 12.2. The van der Waals surface area contributed by atoms with Gasteiger partial charge in [-0.2, -0.15) is 13.2 Å². The van der Waals surface area contributed by atoms with Crippen LogP contribution in [0, 0.1) is 0 Å². The number of ether oxygens (including phenoxy) is 1. The lowest BCUT2D eigenvalue weighted by Crippen LogP contribution is -2.10. The molecule has 0 fully saturated rings. The van der Waals surface area contributed by atoms with E-state index in [0.717, 1.165) is 11.2 Å². The minimum atomic E-state index is -4.13. The van der Waals surface area contributed by atoms with Gasteiger partial charge in [0.2, 0.25) is 0 Å². The molecule has 2 heterocycles. The fourth-order valence-electron chi connectivity index (χ4n) is 2.14. The van der Waals surface area contributed by atoms with Crippen LogP contribution in [0.15, 0.2) is 18.2 Å². The smallest absolute Gasteiger partial charge is 0.378 e. The van der Waals surface area contributed by atoms with Gasteiger partial charge in [0.25, 0.3) is 0 Å². The zero-order valence-electron chi connectivity index (χ0n) is 10.9. The van der Waals surface area contributed by atoms with Gasteiger partial charge in [-0.15, -0.1) is 0 Å². The van der Waals surface area contributed by atoms with Gasteiger partial charge in [-0.25, -0.2) is 4.98 Å². The van der Waals surface area contributed by atoms with Crippen molar-refractivity contribution in [1.29, 1.82) is 0 Å². The number of halogens is 4. The molecule has 0 N–H and O–H groups in total. The van der Waals surface area contributed by atoms with E-state index in [2.05, 4.69) is 4.98 Å². The Balaban J connectivity index is 2.26. The molecule has 0 radical (unpaired) electrons. The Hall–Kier alpha value is -1.27. The van der Waals surface area contributed by atoms with Crippen LogP contribution in [0.2, 0.25) is 5.15 Å². The molecule has 0 aliphatic heterocycles.